The fourth-order valence-corrected chi connectivity index (χ4v) is 3.21. The molecule has 5 nitrogen and oxygen atoms in total. The van der Waals surface area contributed by atoms with E-state index in [0.29, 0.717) is 5.76 Å². The summed E-state index contributed by atoms with van der Waals surface area (Å²) in [6.45, 7) is 2.10. The maximum Gasteiger partial charge on any atom is 0.274 e. The van der Waals surface area contributed by atoms with Crippen molar-refractivity contribution in [3.05, 3.63) is 17.9 Å². The van der Waals surface area contributed by atoms with Gasteiger partial charge >= 0.3 is 0 Å². The van der Waals surface area contributed by atoms with E-state index >= 15 is 0 Å². The molecule has 1 fully saturated rings. The van der Waals surface area contributed by atoms with Crippen LogP contribution in [-0.2, 0) is 16.6 Å². The highest BCUT2D eigenvalue weighted by Gasteiger charge is 2.37. The first-order valence-corrected chi connectivity index (χ1v) is 6.76. The van der Waals surface area contributed by atoms with Gasteiger partial charge in [-0.2, -0.15) is 0 Å². The Hall–Kier alpha value is -0.850. The van der Waals surface area contributed by atoms with Gasteiger partial charge in [0, 0.05) is 5.54 Å². The van der Waals surface area contributed by atoms with Gasteiger partial charge in [0.2, 0.25) is 5.09 Å². The maximum absolute atomic E-state index is 11.9. The van der Waals surface area contributed by atoms with E-state index in [0.717, 1.165) is 19.3 Å². The van der Waals surface area contributed by atoms with Gasteiger partial charge in [0.1, 0.15) is 5.76 Å². The lowest BCUT2D eigenvalue weighted by molar-refractivity contribution is 0.245. The van der Waals surface area contributed by atoms with E-state index in [-0.39, 0.29) is 17.2 Å². The molecule has 0 aromatic carbocycles. The zero-order valence-electron chi connectivity index (χ0n) is 9.19. The van der Waals surface area contributed by atoms with Crippen molar-refractivity contribution in [2.45, 2.75) is 43.4 Å². The van der Waals surface area contributed by atoms with E-state index in [9.17, 15) is 8.42 Å². The number of rotatable bonds is 4. The lowest BCUT2D eigenvalue weighted by Crippen LogP contribution is -2.50. The number of furan rings is 1. The molecular formula is C10H16N2O3S. The summed E-state index contributed by atoms with van der Waals surface area (Å²) in [5, 5.41) is -0.0546. The molecule has 0 aliphatic heterocycles. The molecule has 16 heavy (non-hydrogen) atoms. The highest BCUT2D eigenvalue weighted by molar-refractivity contribution is 7.89. The van der Waals surface area contributed by atoms with Gasteiger partial charge in [-0.1, -0.05) is 0 Å². The summed E-state index contributed by atoms with van der Waals surface area (Å²) in [6.07, 6.45) is 2.80. The van der Waals surface area contributed by atoms with Crippen molar-refractivity contribution in [2.24, 2.45) is 5.73 Å². The second-order valence-corrected chi connectivity index (χ2v) is 6.06. The predicted octanol–water partition coefficient (Wildman–Crippen LogP) is 0.959. The fraction of sp³-hybridized carbons (Fsp3) is 0.600. The first-order chi connectivity index (χ1) is 7.45. The number of nitrogens with one attached hydrogen (secondary N) is 1. The molecule has 1 heterocycles. The Labute approximate surface area is 95.1 Å². The van der Waals surface area contributed by atoms with Gasteiger partial charge in [-0.25, -0.2) is 13.1 Å². The Balaban J connectivity index is 2.18. The molecular weight excluding hydrogens is 228 g/mol. The van der Waals surface area contributed by atoms with Crippen molar-refractivity contribution in [1.82, 2.24) is 4.72 Å². The molecule has 2 rings (SSSR count). The van der Waals surface area contributed by atoms with Crippen LogP contribution in [0.15, 0.2) is 21.6 Å². The van der Waals surface area contributed by atoms with Crippen LogP contribution < -0.4 is 10.5 Å². The molecule has 1 aromatic rings. The van der Waals surface area contributed by atoms with Crippen LogP contribution in [0, 0.1) is 0 Å². The van der Waals surface area contributed by atoms with Gasteiger partial charge in [0.05, 0.1) is 6.54 Å². The minimum Gasteiger partial charge on any atom is -0.447 e. The van der Waals surface area contributed by atoms with E-state index in [1.807, 2.05) is 6.92 Å². The van der Waals surface area contributed by atoms with Crippen molar-refractivity contribution in [3.8, 4) is 0 Å². The standard InChI is InChI=1S/C10H16N2O3S/c1-10(5-2-6-10)12-16(13,14)9-4-3-8(7-11)15-9/h3-4,12H,2,5-7,11H2,1H3. The molecule has 0 radical (unpaired) electrons. The minimum absolute atomic E-state index is 0.0546. The van der Waals surface area contributed by atoms with E-state index in [1.54, 1.807) is 6.07 Å². The van der Waals surface area contributed by atoms with Crippen molar-refractivity contribution in [1.29, 1.82) is 0 Å². The molecule has 1 aromatic heterocycles. The van der Waals surface area contributed by atoms with E-state index < -0.39 is 10.0 Å². The summed E-state index contributed by atoms with van der Waals surface area (Å²) in [7, 11) is -3.54. The molecule has 0 saturated heterocycles. The minimum atomic E-state index is -3.54. The van der Waals surface area contributed by atoms with Crippen LogP contribution in [0.25, 0.3) is 0 Å². The summed E-state index contributed by atoms with van der Waals surface area (Å²) in [5.74, 6) is 0.471. The van der Waals surface area contributed by atoms with E-state index in [4.69, 9.17) is 10.2 Å². The first kappa shape index (κ1) is 11.6. The Bertz CT molecular complexity index is 474. The largest absolute Gasteiger partial charge is 0.447 e. The lowest BCUT2D eigenvalue weighted by atomic mass is 9.80. The molecule has 0 unspecified atom stereocenters. The summed E-state index contributed by atoms with van der Waals surface area (Å²) in [5.41, 5.74) is 5.05. The third kappa shape index (κ3) is 2.14. The van der Waals surface area contributed by atoms with Crippen LogP contribution in [0.5, 0.6) is 0 Å². The second-order valence-electron chi connectivity index (χ2n) is 4.44. The Morgan fingerprint density at radius 1 is 1.50 bits per heavy atom. The highest BCUT2D eigenvalue weighted by atomic mass is 32.2. The van der Waals surface area contributed by atoms with Crippen LogP contribution in [0.4, 0.5) is 0 Å². The van der Waals surface area contributed by atoms with Crippen LogP contribution in [0.1, 0.15) is 31.9 Å². The fourth-order valence-electron chi connectivity index (χ4n) is 1.80. The third-order valence-electron chi connectivity index (χ3n) is 2.94. The van der Waals surface area contributed by atoms with Gasteiger partial charge in [0.15, 0.2) is 0 Å². The molecule has 1 aliphatic rings. The Morgan fingerprint density at radius 2 is 2.19 bits per heavy atom. The van der Waals surface area contributed by atoms with Crippen molar-refractivity contribution < 1.29 is 12.8 Å². The molecule has 1 saturated carbocycles. The molecule has 0 bridgehead atoms. The molecule has 0 spiro atoms. The van der Waals surface area contributed by atoms with Gasteiger partial charge in [0.25, 0.3) is 10.0 Å². The zero-order valence-corrected chi connectivity index (χ0v) is 10.0. The first-order valence-electron chi connectivity index (χ1n) is 5.28. The Kier molecular flexibility index (Phi) is 2.81. The number of hydrogen-bond acceptors (Lipinski definition) is 4. The lowest BCUT2D eigenvalue weighted by Gasteiger charge is -2.38. The summed E-state index contributed by atoms with van der Waals surface area (Å²) in [6, 6.07) is 3.02. The van der Waals surface area contributed by atoms with Crippen molar-refractivity contribution >= 4 is 10.0 Å². The molecule has 0 amide bonds. The summed E-state index contributed by atoms with van der Waals surface area (Å²) < 4.78 is 31.6. The monoisotopic (exact) mass is 244 g/mol. The highest BCUT2D eigenvalue weighted by Crippen LogP contribution is 2.32. The van der Waals surface area contributed by atoms with Gasteiger partial charge in [-0.3, -0.25) is 0 Å². The Morgan fingerprint density at radius 3 is 2.62 bits per heavy atom. The molecule has 6 heteroatoms. The smallest absolute Gasteiger partial charge is 0.274 e. The van der Waals surface area contributed by atoms with Crippen molar-refractivity contribution in [3.63, 3.8) is 0 Å². The van der Waals surface area contributed by atoms with Crippen LogP contribution in [-0.4, -0.2) is 14.0 Å². The summed E-state index contributed by atoms with van der Waals surface area (Å²) in [4.78, 5) is 0. The maximum atomic E-state index is 11.9. The molecule has 3 N–H and O–H groups in total. The van der Waals surface area contributed by atoms with Crippen LogP contribution in [0.2, 0.25) is 0 Å². The van der Waals surface area contributed by atoms with Crippen molar-refractivity contribution in [2.75, 3.05) is 0 Å². The normalized spacial score (nSPS) is 19.4. The molecule has 90 valence electrons. The SMILES string of the molecule is CC1(NS(=O)(=O)c2ccc(CN)o2)CCC1. The van der Waals surface area contributed by atoms with Crippen LogP contribution in [0.3, 0.4) is 0 Å². The topological polar surface area (TPSA) is 85.3 Å². The zero-order chi connectivity index (χ0) is 11.8. The van der Waals surface area contributed by atoms with E-state index in [2.05, 4.69) is 4.72 Å². The average molecular weight is 244 g/mol. The van der Waals surface area contributed by atoms with Gasteiger partial charge in [-0.05, 0) is 38.3 Å². The molecule has 0 atom stereocenters. The van der Waals surface area contributed by atoms with Crippen LogP contribution >= 0.6 is 0 Å². The number of nitrogens with two attached hydrogens (primary N) is 1. The van der Waals surface area contributed by atoms with Gasteiger partial charge in [-0.15, -0.1) is 0 Å². The number of sulfonamides is 1. The average Bonchev–Trinajstić information content (AvgIpc) is 2.63. The predicted molar refractivity (Wildman–Crippen MR) is 59.2 cm³/mol. The second kappa shape index (κ2) is 3.87. The van der Waals surface area contributed by atoms with E-state index in [1.165, 1.54) is 6.07 Å². The number of hydrogen-bond donors (Lipinski definition) is 2. The van der Waals surface area contributed by atoms with Gasteiger partial charge < -0.3 is 10.2 Å². The summed E-state index contributed by atoms with van der Waals surface area (Å²) >= 11 is 0. The quantitative estimate of drug-likeness (QED) is 0.826. The molecule has 1 aliphatic carbocycles. The third-order valence-corrected chi connectivity index (χ3v) is 4.45.